The van der Waals surface area contributed by atoms with E-state index in [1.807, 2.05) is 0 Å². The molecule has 0 saturated carbocycles. The van der Waals surface area contributed by atoms with Crippen LogP contribution in [-0.4, -0.2) is 29.5 Å². The summed E-state index contributed by atoms with van der Waals surface area (Å²) in [6.07, 6.45) is 0. The van der Waals surface area contributed by atoms with Gasteiger partial charge < -0.3 is 4.55 Å². The van der Waals surface area contributed by atoms with Gasteiger partial charge in [0.15, 0.2) is 11.6 Å². The van der Waals surface area contributed by atoms with Crippen LogP contribution in [-0.2, 0) is 14.9 Å². The second-order valence-corrected chi connectivity index (χ2v) is 7.25. The molecule has 0 spiro atoms. The van der Waals surface area contributed by atoms with Crippen molar-refractivity contribution in [1.29, 1.82) is 0 Å². The molecular weight excluding hydrogens is 365 g/mol. The standard InChI is InChI=1S/C18H11NO5S.Na/c20-16-12-6-2-3-7-13(12)17(21)18(16,25(22,23)24)15-10-9-11-5-1-4-8-14(11)19-15;/h1-10H,(H,22,23,24);/q;+1/p-1. The van der Waals surface area contributed by atoms with Crippen LogP contribution in [0.15, 0.2) is 60.7 Å². The Morgan fingerprint density at radius 3 is 1.92 bits per heavy atom. The van der Waals surface area contributed by atoms with Gasteiger partial charge in [-0.05, 0) is 12.1 Å². The molecule has 3 aromatic rings. The first-order valence-corrected chi connectivity index (χ1v) is 8.78. The third-order valence-electron chi connectivity index (χ3n) is 4.39. The van der Waals surface area contributed by atoms with Crippen LogP contribution in [0, 0.1) is 0 Å². The number of para-hydroxylation sites is 1. The minimum Gasteiger partial charge on any atom is -0.747 e. The van der Waals surface area contributed by atoms with Gasteiger partial charge in [0.2, 0.25) is 4.75 Å². The predicted octanol–water partition coefficient (Wildman–Crippen LogP) is -0.941. The zero-order valence-corrected chi connectivity index (χ0v) is 16.5. The van der Waals surface area contributed by atoms with E-state index < -0.39 is 26.4 Å². The number of benzene rings is 2. The molecule has 26 heavy (non-hydrogen) atoms. The van der Waals surface area contributed by atoms with Crippen LogP contribution < -0.4 is 29.6 Å². The van der Waals surface area contributed by atoms with E-state index in [1.54, 1.807) is 24.3 Å². The van der Waals surface area contributed by atoms with Crippen molar-refractivity contribution in [3.8, 4) is 0 Å². The Bertz CT molecular complexity index is 1140. The van der Waals surface area contributed by atoms with E-state index in [0.29, 0.717) is 10.9 Å². The van der Waals surface area contributed by atoms with Crippen molar-refractivity contribution in [3.05, 3.63) is 77.5 Å². The molecule has 0 fully saturated rings. The quantitative estimate of drug-likeness (QED) is 0.325. The molecule has 6 nitrogen and oxygen atoms in total. The summed E-state index contributed by atoms with van der Waals surface area (Å²) in [7, 11) is -5.36. The van der Waals surface area contributed by atoms with Crippen molar-refractivity contribution in [3.63, 3.8) is 0 Å². The number of aromatic nitrogens is 1. The van der Waals surface area contributed by atoms with Crippen molar-refractivity contribution < 1.29 is 52.1 Å². The van der Waals surface area contributed by atoms with Gasteiger partial charge in [-0.3, -0.25) is 14.6 Å². The number of Topliss-reactive ketones (excluding diaryl/α,β-unsaturated/α-hetero) is 2. The van der Waals surface area contributed by atoms with Crippen LogP contribution in [0.5, 0.6) is 0 Å². The topological polar surface area (TPSA) is 104 Å². The van der Waals surface area contributed by atoms with Crippen LogP contribution in [0.2, 0.25) is 0 Å². The summed E-state index contributed by atoms with van der Waals surface area (Å²) < 4.78 is 33.6. The molecule has 0 unspecified atom stereocenters. The minimum atomic E-state index is -5.36. The van der Waals surface area contributed by atoms with Gasteiger partial charge in [-0.2, -0.15) is 0 Å². The minimum absolute atomic E-state index is 0. The van der Waals surface area contributed by atoms with Crippen molar-refractivity contribution in [2.24, 2.45) is 0 Å². The van der Waals surface area contributed by atoms with Crippen LogP contribution in [0.25, 0.3) is 10.9 Å². The summed E-state index contributed by atoms with van der Waals surface area (Å²) in [4.78, 5) is 29.9. The van der Waals surface area contributed by atoms with Gasteiger partial charge in [-0.25, -0.2) is 8.42 Å². The van der Waals surface area contributed by atoms with Crippen LogP contribution in [0.4, 0.5) is 0 Å². The summed E-state index contributed by atoms with van der Waals surface area (Å²) in [5.41, 5.74) is -0.143. The second-order valence-electron chi connectivity index (χ2n) is 5.73. The Hall–Kier alpha value is -1.90. The number of carbonyl (C=O) groups is 2. The Labute approximate surface area is 171 Å². The van der Waals surface area contributed by atoms with Gasteiger partial charge in [-0.1, -0.05) is 48.5 Å². The zero-order chi connectivity index (χ0) is 17.8. The second kappa shape index (κ2) is 6.37. The normalized spacial score (nSPS) is 15.6. The molecule has 0 saturated heterocycles. The molecule has 0 aliphatic heterocycles. The molecule has 124 valence electrons. The van der Waals surface area contributed by atoms with Crippen LogP contribution in [0.1, 0.15) is 26.4 Å². The largest absolute Gasteiger partial charge is 1.00 e. The van der Waals surface area contributed by atoms with Crippen LogP contribution >= 0.6 is 0 Å². The van der Waals surface area contributed by atoms with E-state index in [1.165, 1.54) is 36.4 Å². The number of rotatable bonds is 2. The van der Waals surface area contributed by atoms with Gasteiger partial charge in [-0.15, -0.1) is 0 Å². The Morgan fingerprint density at radius 1 is 0.808 bits per heavy atom. The molecule has 0 radical (unpaired) electrons. The number of nitrogens with zero attached hydrogens (tertiary/aromatic N) is 1. The SMILES string of the molecule is O=C1c2ccccc2C(=O)C1(c1ccc2ccccc2n1)S(=O)(=O)[O-].[Na+]. The number of pyridine rings is 1. The molecule has 1 aliphatic rings. The maximum Gasteiger partial charge on any atom is 1.00 e. The van der Waals surface area contributed by atoms with Crippen molar-refractivity contribution >= 4 is 32.6 Å². The Morgan fingerprint density at radius 2 is 1.35 bits per heavy atom. The number of fused-ring (bicyclic) bond motifs is 2. The van der Waals surface area contributed by atoms with E-state index in [0.717, 1.165) is 0 Å². The summed E-state index contributed by atoms with van der Waals surface area (Å²) in [6, 6.07) is 15.3. The molecule has 0 amide bonds. The molecule has 0 bridgehead atoms. The molecule has 0 N–H and O–H groups in total. The average molecular weight is 375 g/mol. The molecule has 1 heterocycles. The zero-order valence-electron chi connectivity index (χ0n) is 13.7. The molecule has 8 heteroatoms. The molecule has 0 atom stereocenters. The first kappa shape index (κ1) is 18.9. The molecule has 2 aromatic carbocycles. The fraction of sp³-hybridized carbons (Fsp3) is 0.0556. The van der Waals surface area contributed by atoms with Crippen LogP contribution in [0.3, 0.4) is 0 Å². The van der Waals surface area contributed by atoms with Gasteiger partial charge in [0.05, 0.1) is 11.2 Å². The maximum absolute atomic E-state index is 12.9. The van der Waals surface area contributed by atoms with E-state index in [-0.39, 0.29) is 46.4 Å². The van der Waals surface area contributed by atoms with Gasteiger partial charge in [0.1, 0.15) is 10.1 Å². The van der Waals surface area contributed by atoms with E-state index in [2.05, 4.69) is 4.98 Å². The summed E-state index contributed by atoms with van der Waals surface area (Å²) in [5, 5.41) is 0.695. The van der Waals surface area contributed by atoms with E-state index in [9.17, 15) is 22.6 Å². The van der Waals surface area contributed by atoms with Crippen molar-refractivity contribution in [2.45, 2.75) is 4.75 Å². The monoisotopic (exact) mass is 375 g/mol. The molecule has 1 aliphatic carbocycles. The summed E-state index contributed by atoms with van der Waals surface area (Å²) in [6.45, 7) is 0. The Balaban J connectivity index is 0.00000196. The summed E-state index contributed by atoms with van der Waals surface area (Å²) in [5.74, 6) is -2.10. The number of hydrogen-bond acceptors (Lipinski definition) is 6. The van der Waals surface area contributed by atoms with Gasteiger partial charge in [0.25, 0.3) is 0 Å². The number of ketones is 2. The third-order valence-corrected chi connectivity index (χ3v) is 5.72. The smallest absolute Gasteiger partial charge is 0.747 e. The van der Waals surface area contributed by atoms with Crippen molar-refractivity contribution in [1.82, 2.24) is 4.98 Å². The van der Waals surface area contributed by atoms with Gasteiger partial charge >= 0.3 is 29.6 Å². The van der Waals surface area contributed by atoms with Crippen molar-refractivity contribution in [2.75, 3.05) is 0 Å². The van der Waals surface area contributed by atoms with E-state index in [4.69, 9.17) is 0 Å². The first-order valence-electron chi connectivity index (χ1n) is 7.37. The molecular formula is C18H10NNaO5S. The Kier molecular flexibility index (Phi) is 4.62. The van der Waals surface area contributed by atoms with E-state index >= 15 is 0 Å². The van der Waals surface area contributed by atoms with Gasteiger partial charge in [0, 0.05) is 16.5 Å². The fourth-order valence-electron chi connectivity index (χ4n) is 3.21. The summed E-state index contributed by atoms with van der Waals surface area (Å²) >= 11 is 0. The fourth-order valence-corrected chi connectivity index (χ4v) is 4.26. The molecule has 1 aromatic heterocycles. The number of hydrogen-bond donors (Lipinski definition) is 0. The third kappa shape index (κ3) is 2.39. The number of carbonyl (C=O) groups excluding carboxylic acids is 2. The average Bonchev–Trinajstić information content (AvgIpc) is 2.83. The maximum atomic E-state index is 12.9. The first-order chi connectivity index (χ1) is 11.9. The molecule has 4 rings (SSSR count). The predicted molar refractivity (Wildman–Crippen MR) is 88.2 cm³/mol.